The number of hydrogen-bond donors (Lipinski definition) is 0. The number of fused-ring (bicyclic) bond motifs is 2. The summed E-state index contributed by atoms with van der Waals surface area (Å²) in [5.74, 6) is 2.79. The van der Waals surface area contributed by atoms with Gasteiger partial charge in [0.15, 0.2) is 5.75 Å². The van der Waals surface area contributed by atoms with E-state index < -0.39 is 0 Å². The van der Waals surface area contributed by atoms with Crippen LogP contribution < -0.4 is 33.6 Å². The van der Waals surface area contributed by atoms with Crippen molar-refractivity contribution in [1.82, 2.24) is 0 Å². The van der Waals surface area contributed by atoms with Crippen LogP contribution in [-0.4, -0.2) is 28.9 Å². The molecule has 0 fully saturated rings. The lowest BCUT2D eigenvalue weighted by molar-refractivity contribution is -0.576. The Labute approximate surface area is 201 Å². The zero-order chi connectivity index (χ0) is 20.5. The maximum absolute atomic E-state index is 6.27. The Hall–Kier alpha value is -1.67. The molecule has 4 nitrogen and oxygen atoms in total. The predicted octanol–water partition coefficient (Wildman–Crippen LogP) is 2.72. The Bertz CT molecular complexity index is 991. The van der Waals surface area contributed by atoms with E-state index in [9.17, 15) is 0 Å². The van der Waals surface area contributed by atoms with Gasteiger partial charge in [-0.2, -0.15) is 4.58 Å². The first kappa shape index (κ1) is 23.0. The monoisotopic (exact) mass is 536 g/mol. The van der Waals surface area contributed by atoms with Crippen molar-refractivity contribution in [2.24, 2.45) is 0 Å². The summed E-state index contributed by atoms with van der Waals surface area (Å²) < 4.78 is 14.8. The van der Waals surface area contributed by atoms with E-state index in [4.69, 9.17) is 9.47 Å². The van der Waals surface area contributed by atoms with E-state index >= 15 is 0 Å². The molecule has 0 N–H and O–H groups in total. The summed E-state index contributed by atoms with van der Waals surface area (Å²) in [5.41, 5.74) is 3.60. The van der Waals surface area contributed by atoms with Crippen molar-refractivity contribution < 1.29 is 38.0 Å². The maximum atomic E-state index is 6.27. The number of benzene rings is 1. The summed E-state index contributed by atoms with van der Waals surface area (Å²) in [5, 5.41) is 1.21. The van der Waals surface area contributed by atoms with Crippen molar-refractivity contribution in [1.29, 1.82) is 0 Å². The third kappa shape index (κ3) is 4.35. The van der Waals surface area contributed by atoms with Gasteiger partial charge in [-0.15, -0.1) is 0 Å². The van der Waals surface area contributed by atoms with E-state index in [0.29, 0.717) is 0 Å². The quantitative estimate of drug-likeness (QED) is 0.427. The molecule has 3 aliphatic heterocycles. The van der Waals surface area contributed by atoms with E-state index in [-0.39, 0.29) is 30.2 Å². The fraction of sp³-hybridized carbons (Fsp3) is 0.375. The minimum Gasteiger partial charge on any atom is -1.00 e. The van der Waals surface area contributed by atoms with Crippen molar-refractivity contribution in [3.8, 4) is 5.75 Å². The molecule has 3 heterocycles. The normalized spacial score (nSPS) is 21.5. The van der Waals surface area contributed by atoms with Crippen LogP contribution in [0.3, 0.4) is 0 Å². The van der Waals surface area contributed by atoms with Gasteiger partial charge in [0, 0.05) is 18.7 Å². The van der Waals surface area contributed by atoms with Gasteiger partial charge in [-0.1, -0.05) is 13.0 Å². The fourth-order valence-electron chi connectivity index (χ4n) is 3.80. The van der Waals surface area contributed by atoms with Gasteiger partial charge in [0.1, 0.15) is 6.54 Å². The second-order valence-electron chi connectivity index (χ2n) is 7.41. The Morgan fingerprint density at radius 3 is 2.70 bits per heavy atom. The number of rotatable bonds is 5. The molecular formula is C24H29IN2O2S. The summed E-state index contributed by atoms with van der Waals surface area (Å²) in [7, 11) is 0. The molecule has 0 bridgehead atoms. The predicted molar refractivity (Wildman–Crippen MR) is 121 cm³/mol. The smallest absolute Gasteiger partial charge is 0.318 e. The van der Waals surface area contributed by atoms with Gasteiger partial charge < -0.3 is 38.4 Å². The van der Waals surface area contributed by atoms with Crippen LogP contribution >= 0.6 is 11.8 Å². The third-order valence-electron chi connectivity index (χ3n) is 5.37. The van der Waals surface area contributed by atoms with Crippen LogP contribution in [0.4, 0.5) is 5.69 Å². The Kier molecular flexibility index (Phi) is 7.39. The number of halogens is 1. The highest BCUT2D eigenvalue weighted by Crippen LogP contribution is 2.40. The van der Waals surface area contributed by atoms with Gasteiger partial charge in [-0.05, 0) is 86.2 Å². The van der Waals surface area contributed by atoms with Crippen LogP contribution in [-0.2, 0) is 4.74 Å². The molecule has 0 saturated carbocycles. The number of allylic oxidation sites excluding steroid dienone is 5. The zero-order valence-electron chi connectivity index (χ0n) is 18.2. The maximum Gasteiger partial charge on any atom is 0.318 e. The van der Waals surface area contributed by atoms with Gasteiger partial charge in [0.2, 0.25) is 11.6 Å². The van der Waals surface area contributed by atoms with Gasteiger partial charge in [-0.3, -0.25) is 0 Å². The van der Waals surface area contributed by atoms with E-state index in [1.807, 2.05) is 0 Å². The van der Waals surface area contributed by atoms with Crippen molar-refractivity contribution in [3.05, 3.63) is 70.2 Å². The molecule has 1 aromatic rings. The number of hydrogen-bond acceptors (Lipinski definition) is 4. The molecule has 1 aromatic carbocycles. The van der Waals surface area contributed by atoms with Crippen molar-refractivity contribution in [2.45, 2.75) is 47.3 Å². The van der Waals surface area contributed by atoms with Crippen LogP contribution in [0.1, 0.15) is 39.7 Å². The Balaban J connectivity index is 0.00000256. The van der Waals surface area contributed by atoms with Gasteiger partial charge in [0.25, 0.3) is 5.04 Å². The molecule has 6 heteroatoms. The zero-order valence-corrected chi connectivity index (χ0v) is 21.2. The number of thioether (sulfide) groups is 1. The third-order valence-corrected chi connectivity index (χ3v) is 6.46. The summed E-state index contributed by atoms with van der Waals surface area (Å²) >= 11 is 1.79. The lowest BCUT2D eigenvalue weighted by Gasteiger charge is -2.16. The molecule has 0 amide bonds. The standard InChI is InChI=1S/C24H29N2O2S.HI/c1-6-18(14-22-25(7-2)19-13-16(4)9-11-20(19)27-22)15-23-26(8-3)24-21(28-23)12-10-17(5)29-24;/h9-15,23H,6-8H2,1-5H3;1H/q+1;/p-1. The minimum atomic E-state index is -0.0825. The molecule has 4 rings (SSSR count). The van der Waals surface area contributed by atoms with Gasteiger partial charge in [-0.25, -0.2) is 0 Å². The van der Waals surface area contributed by atoms with Crippen LogP contribution in [0, 0.1) is 6.92 Å². The Morgan fingerprint density at radius 1 is 1.20 bits per heavy atom. The van der Waals surface area contributed by atoms with E-state index in [0.717, 1.165) is 42.6 Å². The molecule has 0 aromatic heterocycles. The highest BCUT2D eigenvalue weighted by molar-refractivity contribution is 8.17. The SMILES string of the molecule is CCC(=CC1OC2=CC=C(C)SC2=[N+]1CC)C=C1Oc2ccc(C)cc2N1CC.[I-]. The second-order valence-corrected chi connectivity index (χ2v) is 8.64. The first-order chi connectivity index (χ1) is 14.0. The summed E-state index contributed by atoms with van der Waals surface area (Å²) in [6, 6.07) is 6.34. The van der Waals surface area contributed by atoms with E-state index in [2.05, 4.69) is 86.6 Å². The molecular weight excluding hydrogens is 507 g/mol. The molecule has 3 aliphatic rings. The molecule has 0 aliphatic carbocycles. The largest absolute Gasteiger partial charge is 1.00 e. The van der Waals surface area contributed by atoms with E-state index in [1.54, 1.807) is 11.8 Å². The highest BCUT2D eigenvalue weighted by atomic mass is 127. The first-order valence-corrected chi connectivity index (χ1v) is 11.2. The topological polar surface area (TPSA) is 24.7 Å². The van der Waals surface area contributed by atoms with Crippen LogP contribution in [0.25, 0.3) is 0 Å². The van der Waals surface area contributed by atoms with Crippen molar-refractivity contribution >= 4 is 22.5 Å². The molecule has 1 atom stereocenters. The number of ether oxygens (including phenoxy) is 2. The summed E-state index contributed by atoms with van der Waals surface area (Å²) in [6.45, 7) is 12.5. The molecule has 0 radical (unpaired) electrons. The Morgan fingerprint density at radius 2 is 2.00 bits per heavy atom. The lowest BCUT2D eigenvalue weighted by atomic mass is 10.1. The first-order valence-electron chi connectivity index (χ1n) is 10.4. The summed E-state index contributed by atoms with van der Waals surface area (Å²) in [6.07, 6.45) is 9.42. The lowest BCUT2D eigenvalue weighted by Crippen LogP contribution is -3.00. The van der Waals surface area contributed by atoms with Crippen LogP contribution in [0.2, 0.25) is 0 Å². The van der Waals surface area contributed by atoms with Crippen molar-refractivity contribution in [2.75, 3.05) is 18.0 Å². The van der Waals surface area contributed by atoms with Crippen molar-refractivity contribution in [3.63, 3.8) is 0 Å². The molecule has 30 heavy (non-hydrogen) atoms. The minimum absolute atomic E-state index is 0. The molecule has 160 valence electrons. The number of nitrogens with zero attached hydrogens (tertiary/aromatic N) is 2. The average Bonchev–Trinajstić information content (AvgIpc) is 3.23. The van der Waals surface area contributed by atoms with Gasteiger partial charge in [0.05, 0.1) is 5.69 Å². The fourth-order valence-corrected chi connectivity index (χ4v) is 4.81. The summed E-state index contributed by atoms with van der Waals surface area (Å²) in [4.78, 5) is 3.53. The average molecular weight is 536 g/mol. The number of aryl methyl sites for hydroxylation is 1. The van der Waals surface area contributed by atoms with E-state index in [1.165, 1.54) is 21.1 Å². The second kappa shape index (κ2) is 9.64. The molecule has 0 saturated heterocycles. The highest BCUT2D eigenvalue weighted by Gasteiger charge is 2.38. The number of anilines is 1. The molecule has 0 spiro atoms. The van der Waals surface area contributed by atoms with Gasteiger partial charge >= 0.3 is 6.23 Å². The molecule has 1 unspecified atom stereocenters. The number of likely N-dealkylation sites (N-methyl/N-ethyl adjacent to an activating group) is 1. The van der Waals surface area contributed by atoms with Crippen LogP contribution in [0.5, 0.6) is 5.75 Å². The van der Waals surface area contributed by atoms with Crippen LogP contribution in [0.15, 0.2) is 64.6 Å².